The molecule has 3 aliphatic carbocycles. The molecule has 6 atom stereocenters. The number of likely N-dealkylation sites (tertiary alicyclic amines) is 1. The molecular weight excluding hydrogens is 786 g/mol. The Morgan fingerprint density at radius 3 is 2.24 bits per heavy atom. The molecule has 5 unspecified atom stereocenters. The van der Waals surface area contributed by atoms with Gasteiger partial charge in [0.1, 0.15) is 12.1 Å². The van der Waals surface area contributed by atoms with Gasteiger partial charge in [-0.05, 0) is 87.2 Å². The van der Waals surface area contributed by atoms with Gasteiger partial charge in [-0.15, -0.1) is 55.5 Å². The number of aromatic nitrogens is 1. The van der Waals surface area contributed by atoms with Crippen LogP contribution in [0.1, 0.15) is 84.4 Å². The Hall–Kier alpha value is -3.18. The fourth-order valence-electron chi connectivity index (χ4n) is 6.62. The number of amides is 3. The van der Waals surface area contributed by atoms with E-state index in [1.165, 1.54) is 54.1 Å². The molecule has 4 aliphatic rings. The van der Waals surface area contributed by atoms with Crippen molar-refractivity contribution < 1.29 is 90.2 Å². The number of carbonyl (C=O) groups is 4. The van der Waals surface area contributed by atoms with Crippen molar-refractivity contribution in [2.75, 3.05) is 25.6 Å². The second kappa shape index (κ2) is 24.8. The van der Waals surface area contributed by atoms with E-state index in [-0.39, 0.29) is 63.1 Å². The number of nitrogens with two attached hydrogens (primary N) is 1. The number of carbonyl (C=O) groups excluding carboxylic acids is 3. The van der Waals surface area contributed by atoms with Crippen LogP contribution >= 0.6 is 11.3 Å². The Balaban J connectivity index is 0.000000296. The summed E-state index contributed by atoms with van der Waals surface area (Å²) in [5.74, 6) is 2.30. The summed E-state index contributed by atoms with van der Waals surface area (Å²) in [5.41, 5.74) is 6.10. The third kappa shape index (κ3) is 17.2. The summed E-state index contributed by atoms with van der Waals surface area (Å²) in [6, 6.07) is 6.62. The molecule has 4 fully saturated rings. The van der Waals surface area contributed by atoms with Crippen LogP contribution in [0.3, 0.4) is 0 Å². The fraction of sp³-hybridized carbons (Fsp3) is 0.535. The fourth-order valence-corrected chi connectivity index (χ4v) is 7.44. The Morgan fingerprint density at radius 1 is 1.12 bits per heavy atom. The molecule has 58 heavy (non-hydrogen) atoms. The number of benzene rings is 1. The smallest absolute Gasteiger partial charge is 0.552 e. The topological polar surface area (TPSA) is 193 Å². The van der Waals surface area contributed by atoms with E-state index in [1.807, 2.05) is 59.3 Å². The third-order valence-corrected chi connectivity index (χ3v) is 10.8. The van der Waals surface area contributed by atoms with Gasteiger partial charge in [-0.1, -0.05) is 38.3 Å². The number of rotatable bonds is 15. The first kappa shape index (κ1) is 51.0. The van der Waals surface area contributed by atoms with Crippen molar-refractivity contribution in [3.63, 3.8) is 0 Å². The van der Waals surface area contributed by atoms with Gasteiger partial charge >= 0.3 is 57.4 Å². The van der Waals surface area contributed by atoms with Crippen molar-refractivity contribution in [2.45, 2.75) is 97.4 Å². The minimum Gasteiger partial charge on any atom is -0.552 e. The van der Waals surface area contributed by atoms with Crippen molar-refractivity contribution >= 4 is 46.4 Å². The van der Waals surface area contributed by atoms with Crippen molar-refractivity contribution in [2.24, 2.45) is 34.8 Å². The number of primary amides is 1. The number of nitrogens with one attached hydrogen (secondary N) is 2. The van der Waals surface area contributed by atoms with Crippen LogP contribution < -0.4 is 72.5 Å². The predicted molar refractivity (Wildman–Crippen MR) is 223 cm³/mol. The Kier molecular flexibility index (Phi) is 21.8. The van der Waals surface area contributed by atoms with E-state index >= 15 is 0 Å². The number of nitrogens with zero attached hydrogens (tertiary/aromatic N) is 2. The number of carboxylic acids is 1. The molecule has 6 rings (SSSR count). The van der Waals surface area contributed by atoms with Gasteiger partial charge in [0.25, 0.3) is 0 Å². The van der Waals surface area contributed by atoms with Crippen LogP contribution in [-0.2, 0) is 23.9 Å². The molecule has 1 aromatic heterocycles. The molecule has 1 aliphatic heterocycles. The molecule has 0 bridgehead atoms. The van der Waals surface area contributed by atoms with Gasteiger partial charge < -0.3 is 41.0 Å². The molecule has 2 heterocycles. The standard InChI is InChI=1S/C17H18N2O4S.C12H21N3O3.C7H12O.C7H10.K/c1-11(2)18-17-19-13(10-24-17)5-8-15(20)12-3-6-14(7-4-12)23-9-16(21)22;1-12(2,3)9(14-7-16)11(18)15-6-4-5-8(15)10(13)17;1-8-7-3-5-2-6(5)4-7;1-3-6-5-7(6)4-2;/h3,5-8,10-11,20H,9H2,1-2H3,(H,18,19)(H,21,22);7-9H,4-6H2,1-3H3,(H2,13,17)(H,14,16);5-7H,2-4H2,1H3;3-4,6-7H,1-2,5H2;/q-2;;;;+1/b15-8+;;;;/t;8?,9-;;;/m.1.../s1. The maximum atomic E-state index is 12.4. The van der Waals surface area contributed by atoms with E-state index in [0.29, 0.717) is 42.8 Å². The summed E-state index contributed by atoms with van der Waals surface area (Å²) in [6.07, 6.45) is 15.2. The van der Waals surface area contributed by atoms with Crippen LogP contribution in [0.25, 0.3) is 5.76 Å². The van der Waals surface area contributed by atoms with Crippen LogP contribution in [0.5, 0.6) is 5.75 Å². The average Bonchev–Trinajstić information content (AvgIpc) is 3.88. The number of hydrogen-bond acceptors (Lipinski definition) is 10. The first-order valence-electron chi connectivity index (χ1n) is 19.4. The zero-order valence-electron chi connectivity index (χ0n) is 35.1. The van der Waals surface area contributed by atoms with Crippen molar-refractivity contribution in [3.05, 3.63) is 78.7 Å². The van der Waals surface area contributed by atoms with Gasteiger partial charge in [0.05, 0.1) is 6.10 Å². The maximum Gasteiger partial charge on any atom is 1.00 e. The van der Waals surface area contributed by atoms with E-state index in [1.54, 1.807) is 18.6 Å². The second-order valence-electron chi connectivity index (χ2n) is 16.0. The number of thiazole rings is 1. The first-order chi connectivity index (χ1) is 27.0. The molecule has 13 nitrogen and oxygen atoms in total. The number of aliphatic hydroxyl groups excluding tert-OH is 1. The van der Waals surface area contributed by atoms with Gasteiger partial charge in [0, 0.05) is 31.2 Å². The number of hydrogen-bond donors (Lipinski definition) is 5. The van der Waals surface area contributed by atoms with E-state index < -0.39 is 36.0 Å². The monoisotopic (exact) mass is 846 g/mol. The predicted octanol–water partition coefficient (Wildman–Crippen LogP) is 3.43. The first-order valence-corrected chi connectivity index (χ1v) is 20.3. The van der Waals surface area contributed by atoms with Gasteiger partial charge in [0.2, 0.25) is 18.2 Å². The third-order valence-electron chi connectivity index (χ3n) is 10.0. The van der Waals surface area contributed by atoms with Crippen LogP contribution in [0.2, 0.25) is 0 Å². The quantitative estimate of drug-likeness (QED) is 0.0584. The zero-order valence-corrected chi connectivity index (χ0v) is 39.0. The van der Waals surface area contributed by atoms with Crippen LogP contribution in [-0.4, -0.2) is 88.8 Å². The molecule has 314 valence electrons. The zero-order chi connectivity index (χ0) is 42.3. The number of aliphatic hydroxyl groups is 1. The molecule has 1 saturated heterocycles. The van der Waals surface area contributed by atoms with Crippen molar-refractivity contribution in [3.8, 4) is 5.75 Å². The molecular formula is C43H61KN5O8S-. The number of carboxylic acid groups (broad SMARTS) is 1. The summed E-state index contributed by atoms with van der Waals surface area (Å²) in [7, 11) is 1.83. The van der Waals surface area contributed by atoms with Gasteiger partial charge in [-0.2, -0.15) is 11.3 Å². The summed E-state index contributed by atoms with van der Waals surface area (Å²) >= 11 is 1.50. The largest absolute Gasteiger partial charge is 1.00 e. The SMILES string of the molecule is C=CC1CC1C=C.CC(C)(C)[C@H](NC=O)C(=O)N1CCCC1C(N)=O.CC(C)Nc1nc([CH-]/C=C(/O)c2[c-]cc(OCC(=O)O)cc2)cs1.COC1CC2CC2C1.[K+]. The summed E-state index contributed by atoms with van der Waals surface area (Å²) in [6.45, 7) is 17.1. The van der Waals surface area contributed by atoms with Crippen LogP contribution in [0.15, 0.2) is 55.0 Å². The number of ether oxygens (including phenoxy) is 2. The molecule has 6 N–H and O–H groups in total. The Labute approximate surface area is 390 Å². The average molecular weight is 847 g/mol. The number of methoxy groups -OCH3 is 1. The number of allylic oxidation sites excluding steroid dienone is 3. The number of fused-ring (bicyclic) bond motifs is 1. The summed E-state index contributed by atoms with van der Waals surface area (Å²) in [4.78, 5) is 50.6. The van der Waals surface area contributed by atoms with E-state index in [9.17, 15) is 24.3 Å². The van der Waals surface area contributed by atoms with Crippen molar-refractivity contribution in [1.82, 2.24) is 15.2 Å². The molecule has 0 spiro atoms. The van der Waals surface area contributed by atoms with Gasteiger partial charge in [0.15, 0.2) is 11.7 Å². The van der Waals surface area contributed by atoms with Crippen molar-refractivity contribution in [1.29, 1.82) is 0 Å². The van der Waals surface area contributed by atoms with Gasteiger partial charge in [-0.25, -0.2) is 9.78 Å². The maximum absolute atomic E-state index is 12.4. The van der Waals surface area contributed by atoms with E-state index in [2.05, 4.69) is 34.8 Å². The van der Waals surface area contributed by atoms with E-state index in [4.69, 9.17) is 20.3 Å². The van der Waals surface area contributed by atoms with Crippen LogP contribution in [0.4, 0.5) is 5.13 Å². The molecule has 0 radical (unpaired) electrons. The minimum absolute atomic E-state index is 0. The molecule has 1 aromatic carbocycles. The Morgan fingerprint density at radius 2 is 1.78 bits per heavy atom. The molecule has 3 saturated carbocycles. The molecule has 15 heteroatoms. The second-order valence-corrected chi connectivity index (χ2v) is 16.9. The summed E-state index contributed by atoms with van der Waals surface area (Å²) < 4.78 is 10.2. The Bertz CT molecular complexity index is 1650. The molecule has 3 amide bonds. The minimum atomic E-state index is -1.05. The number of anilines is 1. The number of aliphatic carboxylic acids is 1. The van der Waals surface area contributed by atoms with Gasteiger partial charge in [-0.3, -0.25) is 14.4 Å². The van der Waals surface area contributed by atoms with E-state index in [0.717, 1.165) is 40.9 Å². The summed E-state index contributed by atoms with van der Waals surface area (Å²) in [5, 5.41) is 27.1. The molecule has 2 aromatic rings. The normalized spacial score (nSPS) is 22.9. The van der Waals surface area contributed by atoms with Crippen LogP contribution in [0, 0.1) is 41.6 Å².